The van der Waals surface area contributed by atoms with E-state index in [1.165, 1.54) is 31.2 Å². The van der Waals surface area contributed by atoms with Gasteiger partial charge in [0.05, 0.1) is 11.6 Å². The van der Waals surface area contributed by atoms with Gasteiger partial charge in [0.25, 0.3) is 11.8 Å². The number of carbonyl (C=O) groups is 4. The summed E-state index contributed by atoms with van der Waals surface area (Å²) in [5.41, 5.74) is 5.89. The molecule has 0 unspecified atom stereocenters. The lowest BCUT2D eigenvalue weighted by Crippen LogP contribution is -2.50. The van der Waals surface area contributed by atoms with E-state index in [2.05, 4.69) is 0 Å². The number of rotatable bonds is 2. The molecule has 0 aliphatic heterocycles. The number of ketones is 2. The lowest BCUT2D eigenvalue weighted by Gasteiger charge is -2.22. The van der Waals surface area contributed by atoms with Crippen molar-refractivity contribution in [2.75, 3.05) is 0 Å². The molecule has 2 aromatic carbocycles. The number of benzene rings is 2. The summed E-state index contributed by atoms with van der Waals surface area (Å²) in [5, 5.41) is 0.374. The zero-order valence-corrected chi connectivity index (χ0v) is 13.4. The molecule has 1 atom stereocenters. The number of carbonyl (C=O) groups excluding carboxylic acids is 4. The van der Waals surface area contributed by atoms with Gasteiger partial charge in [-0.05, 0) is 13.0 Å². The average Bonchev–Trinajstić information content (AvgIpc) is 2.63. The van der Waals surface area contributed by atoms with E-state index >= 15 is 0 Å². The van der Waals surface area contributed by atoms with Crippen molar-refractivity contribution in [3.63, 3.8) is 0 Å². The van der Waals surface area contributed by atoms with Crippen molar-refractivity contribution in [1.82, 2.24) is 5.01 Å². The van der Waals surface area contributed by atoms with Gasteiger partial charge in [0.15, 0.2) is 11.6 Å². The molecule has 2 aromatic rings. The molecule has 0 spiro atoms. The van der Waals surface area contributed by atoms with Crippen molar-refractivity contribution in [3.8, 4) is 0 Å². The SMILES string of the molecule is C[C@H](N)C(=O)N(N)C(=O)c1cccc2c1C(=O)c1ccccc1C2=O. The summed E-state index contributed by atoms with van der Waals surface area (Å²) in [6.07, 6.45) is 0. The molecule has 0 fully saturated rings. The Balaban J connectivity index is 2.15. The molecule has 2 amide bonds. The topological polar surface area (TPSA) is 124 Å². The third kappa shape index (κ3) is 2.55. The predicted octanol–water partition coefficient (Wildman–Crippen LogP) is 0.652. The van der Waals surface area contributed by atoms with Crippen molar-refractivity contribution in [2.24, 2.45) is 11.6 Å². The fourth-order valence-electron chi connectivity index (χ4n) is 2.77. The molecule has 7 heteroatoms. The van der Waals surface area contributed by atoms with E-state index in [-0.39, 0.29) is 33.6 Å². The number of nitrogens with zero attached hydrogens (tertiary/aromatic N) is 1. The van der Waals surface area contributed by atoms with Crippen molar-refractivity contribution in [2.45, 2.75) is 13.0 Å². The first-order chi connectivity index (χ1) is 11.8. The van der Waals surface area contributed by atoms with Crippen molar-refractivity contribution in [3.05, 3.63) is 70.3 Å². The van der Waals surface area contributed by atoms with Crippen LogP contribution in [0.15, 0.2) is 42.5 Å². The second-order valence-electron chi connectivity index (χ2n) is 5.73. The highest BCUT2D eigenvalue weighted by Gasteiger charge is 2.34. The van der Waals surface area contributed by atoms with Gasteiger partial charge in [-0.25, -0.2) is 10.9 Å². The zero-order chi connectivity index (χ0) is 18.3. The molecule has 0 saturated carbocycles. The highest BCUT2D eigenvalue weighted by Crippen LogP contribution is 2.29. The van der Waals surface area contributed by atoms with Crippen LogP contribution in [0, 0.1) is 0 Å². The average molecular weight is 337 g/mol. The van der Waals surface area contributed by atoms with Crippen LogP contribution in [0.25, 0.3) is 0 Å². The summed E-state index contributed by atoms with van der Waals surface area (Å²) in [4.78, 5) is 49.9. The van der Waals surface area contributed by atoms with Crippen LogP contribution in [-0.4, -0.2) is 34.4 Å². The van der Waals surface area contributed by atoms with Crippen LogP contribution in [0.3, 0.4) is 0 Å². The van der Waals surface area contributed by atoms with E-state index in [1.54, 1.807) is 18.2 Å². The van der Waals surface area contributed by atoms with E-state index < -0.39 is 23.6 Å². The first kappa shape index (κ1) is 16.7. The predicted molar refractivity (Wildman–Crippen MR) is 88.8 cm³/mol. The summed E-state index contributed by atoms with van der Waals surface area (Å²) < 4.78 is 0. The van der Waals surface area contributed by atoms with Crippen LogP contribution in [-0.2, 0) is 4.79 Å². The summed E-state index contributed by atoms with van der Waals surface area (Å²) in [6, 6.07) is 9.68. The van der Waals surface area contributed by atoms with Gasteiger partial charge < -0.3 is 5.73 Å². The smallest absolute Gasteiger partial charge is 0.275 e. The van der Waals surface area contributed by atoms with Gasteiger partial charge >= 0.3 is 0 Å². The zero-order valence-electron chi connectivity index (χ0n) is 13.4. The van der Waals surface area contributed by atoms with Crippen LogP contribution >= 0.6 is 0 Å². The molecule has 0 heterocycles. The maximum absolute atomic E-state index is 12.8. The lowest BCUT2D eigenvalue weighted by molar-refractivity contribution is -0.129. The maximum Gasteiger partial charge on any atom is 0.275 e. The van der Waals surface area contributed by atoms with Crippen LogP contribution in [0.5, 0.6) is 0 Å². The van der Waals surface area contributed by atoms with Crippen molar-refractivity contribution < 1.29 is 19.2 Å². The Kier molecular flexibility index (Phi) is 4.03. The number of fused-ring (bicyclic) bond motifs is 2. The fourth-order valence-corrected chi connectivity index (χ4v) is 2.77. The van der Waals surface area contributed by atoms with E-state index in [0.717, 1.165) is 0 Å². The quantitative estimate of drug-likeness (QED) is 0.402. The maximum atomic E-state index is 12.8. The van der Waals surface area contributed by atoms with Gasteiger partial charge in [-0.15, -0.1) is 0 Å². The number of amides is 2. The van der Waals surface area contributed by atoms with Gasteiger partial charge in [0, 0.05) is 22.3 Å². The molecule has 3 rings (SSSR count). The second kappa shape index (κ2) is 6.04. The van der Waals surface area contributed by atoms with Crippen LogP contribution in [0.1, 0.15) is 49.1 Å². The highest BCUT2D eigenvalue weighted by molar-refractivity contribution is 6.31. The molecule has 7 nitrogen and oxygen atoms in total. The molecule has 4 N–H and O–H groups in total. The Hall–Kier alpha value is -3.16. The van der Waals surface area contributed by atoms with Gasteiger partial charge in [0.1, 0.15) is 0 Å². The Morgan fingerprint density at radius 1 is 0.920 bits per heavy atom. The minimum Gasteiger partial charge on any atom is -0.320 e. The second-order valence-corrected chi connectivity index (χ2v) is 5.73. The van der Waals surface area contributed by atoms with Crippen molar-refractivity contribution in [1.29, 1.82) is 0 Å². The number of hydrogen-bond acceptors (Lipinski definition) is 6. The molecule has 0 radical (unpaired) electrons. The van der Waals surface area contributed by atoms with E-state index in [4.69, 9.17) is 11.6 Å². The normalized spacial score (nSPS) is 13.7. The molecule has 0 aromatic heterocycles. The third-order valence-electron chi connectivity index (χ3n) is 4.03. The van der Waals surface area contributed by atoms with Gasteiger partial charge in [-0.1, -0.05) is 36.4 Å². The molecule has 126 valence electrons. The monoisotopic (exact) mass is 337 g/mol. The van der Waals surface area contributed by atoms with E-state index in [1.807, 2.05) is 0 Å². The minimum atomic E-state index is -0.980. The largest absolute Gasteiger partial charge is 0.320 e. The lowest BCUT2D eigenvalue weighted by atomic mass is 9.81. The first-order valence-electron chi connectivity index (χ1n) is 7.54. The third-order valence-corrected chi connectivity index (χ3v) is 4.03. The van der Waals surface area contributed by atoms with Gasteiger partial charge in [-0.3, -0.25) is 19.2 Å². The number of nitrogens with two attached hydrogens (primary N) is 2. The number of hydrogen-bond donors (Lipinski definition) is 2. The molecular weight excluding hydrogens is 322 g/mol. The number of imide groups is 1. The Morgan fingerprint density at radius 2 is 1.48 bits per heavy atom. The van der Waals surface area contributed by atoms with Gasteiger partial charge in [0.2, 0.25) is 0 Å². The Labute approximate surface area is 143 Å². The van der Waals surface area contributed by atoms with Crippen LogP contribution in [0.2, 0.25) is 0 Å². The molecule has 1 aliphatic rings. The summed E-state index contributed by atoms with van der Waals surface area (Å²) in [6.45, 7) is 1.39. The van der Waals surface area contributed by atoms with Crippen molar-refractivity contribution >= 4 is 23.4 Å². The molecule has 0 bridgehead atoms. The molecule has 0 saturated heterocycles. The number of hydrazine groups is 1. The van der Waals surface area contributed by atoms with E-state index in [9.17, 15) is 19.2 Å². The Morgan fingerprint density at radius 3 is 2.08 bits per heavy atom. The molecular formula is C18H15N3O4. The fraction of sp³-hybridized carbons (Fsp3) is 0.111. The summed E-state index contributed by atoms with van der Waals surface area (Å²) in [5.74, 6) is 3.05. The Bertz CT molecular complexity index is 934. The van der Waals surface area contributed by atoms with Gasteiger partial charge in [-0.2, -0.15) is 0 Å². The minimum absolute atomic E-state index is 0.0517. The van der Waals surface area contributed by atoms with E-state index in [0.29, 0.717) is 5.01 Å². The standard InChI is InChI=1S/C18H15N3O4/c1-9(19)17(24)21(20)18(25)13-8-4-7-12-14(13)16(23)11-6-3-2-5-10(11)15(12)22/h2-9H,19-20H2,1H3/t9-/m0/s1. The van der Waals surface area contributed by atoms with Crippen LogP contribution < -0.4 is 11.6 Å². The summed E-state index contributed by atoms with van der Waals surface area (Å²) >= 11 is 0. The van der Waals surface area contributed by atoms with Crippen LogP contribution in [0.4, 0.5) is 0 Å². The molecule has 1 aliphatic carbocycles. The summed E-state index contributed by atoms with van der Waals surface area (Å²) in [7, 11) is 0. The highest BCUT2D eigenvalue weighted by atomic mass is 16.2. The first-order valence-corrected chi connectivity index (χ1v) is 7.54. The molecule has 25 heavy (non-hydrogen) atoms.